The Bertz CT molecular complexity index is 528. The van der Waals surface area contributed by atoms with Gasteiger partial charge in [0, 0.05) is 18.3 Å². The van der Waals surface area contributed by atoms with Crippen LogP contribution in [0.5, 0.6) is 0 Å². The van der Waals surface area contributed by atoms with E-state index < -0.39 is 0 Å². The molecule has 0 bridgehead atoms. The normalized spacial score (nSPS) is 10.6. The minimum atomic E-state index is 0.0276. The van der Waals surface area contributed by atoms with Gasteiger partial charge in [-0.25, -0.2) is 4.98 Å². The molecule has 0 atom stereocenters. The van der Waals surface area contributed by atoms with E-state index in [4.69, 9.17) is 5.73 Å². The van der Waals surface area contributed by atoms with E-state index >= 15 is 0 Å². The molecule has 2 aromatic rings. The smallest absolute Gasteiger partial charge is 0.236 e. The summed E-state index contributed by atoms with van der Waals surface area (Å²) >= 11 is 0. The van der Waals surface area contributed by atoms with Gasteiger partial charge in [0.25, 0.3) is 0 Å². The highest BCUT2D eigenvalue weighted by Crippen LogP contribution is 2.07. The first-order valence-electron chi connectivity index (χ1n) is 6.00. The number of rotatable bonds is 4. The fraction of sp³-hybridized carbons (Fsp3) is 0.286. The van der Waals surface area contributed by atoms with Crippen molar-refractivity contribution >= 4 is 5.91 Å². The fourth-order valence-corrected chi connectivity index (χ4v) is 1.85. The topological polar surface area (TPSA) is 60.9 Å². The third kappa shape index (κ3) is 2.84. The summed E-state index contributed by atoms with van der Waals surface area (Å²) in [6, 6.07) is 7.98. The molecule has 0 fully saturated rings. The summed E-state index contributed by atoms with van der Waals surface area (Å²) in [5, 5.41) is 0. The van der Waals surface area contributed by atoms with Crippen LogP contribution in [0.3, 0.4) is 0 Å². The van der Waals surface area contributed by atoms with Crippen molar-refractivity contribution in [3.63, 3.8) is 0 Å². The van der Waals surface area contributed by atoms with Crippen LogP contribution in [-0.4, -0.2) is 22.0 Å². The minimum absolute atomic E-state index is 0.0276. The molecule has 2 N–H and O–H groups in total. The Morgan fingerprint density at radius 2 is 2.06 bits per heavy atom. The van der Waals surface area contributed by atoms with Gasteiger partial charge in [0.2, 0.25) is 5.91 Å². The largest absolute Gasteiger partial charge is 0.330 e. The van der Waals surface area contributed by atoms with Gasteiger partial charge in [0.15, 0.2) is 0 Å². The molecule has 2 rings (SSSR count). The Balaban J connectivity index is 2.11. The van der Waals surface area contributed by atoms with Crippen LogP contribution < -0.4 is 5.73 Å². The number of aryl methyl sites for hydroxylation is 1. The first-order chi connectivity index (χ1) is 8.70. The molecule has 4 nitrogen and oxygen atoms in total. The van der Waals surface area contributed by atoms with Crippen molar-refractivity contribution in [3.05, 3.63) is 53.6 Å². The zero-order valence-electron chi connectivity index (χ0n) is 10.5. The van der Waals surface area contributed by atoms with E-state index in [0.29, 0.717) is 19.4 Å². The van der Waals surface area contributed by atoms with Gasteiger partial charge in [0.05, 0.1) is 6.42 Å². The first kappa shape index (κ1) is 12.5. The van der Waals surface area contributed by atoms with Gasteiger partial charge < -0.3 is 5.73 Å². The van der Waals surface area contributed by atoms with Crippen LogP contribution in [0.15, 0.2) is 36.8 Å². The molecule has 0 aliphatic heterocycles. The SMILES string of the molecule is Cc1ccc(CC(=O)n2cncc2CCN)cc1. The van der Waals surface area contributed by atoms with Crippen molar-refractivity contribution in [2.75, 3.05) is 6.54 Å². The molecular formula is C14H17N3O. The van der Waals surface area contributed by atoms with Crippen LogP contribution in [-0.2, 0) is 12.8 Å². The van der Waals surface area contributed by atoms with Crippen LogP contribution in [0.2, 0.25) is 0 Å². The Labute approximate surface area is 106 Å². The molecule has 18 heavy (non-hydrogen) atoms. The molecule has 0 aliphatic rings. The summed E-state index contributed by atoms with van der Waals surface area (Å²) in [4.78, 5) is 16.1. The molecule has 0 spiro atoms. The molecule has 4 heteroatoms. The summed E-state index contributed by atoms with van der Waals surface area (Å²) < 4.78 is 1.59. The van der Waals surface area contributed by atoms with Crippen LogP contribution in [0.1, 0.15) is 21.6 Å². The van der Waals surface area contributed by atoms with Gasteiger partial charge in [-0.1, -0.05) is 29.8 Å². The number of nitrogens with zero attached hydrogens (tertiary/aromatic N) is 2. The lowest BCUT2D eigenvalue weighted by atomic mass is 10.1. The molecule has 0 unspecified atom stereocenters. The van der Waals surface area contributed by atoms with Crippen LogP contribution >= 0.6 is 0 Å². The zero-order chi connectivity index (χ0) is 13.0. The summed E-state index contributed by atoms with van der Waals surface area (Å²) in [6.45, 7) is 2.55. The Morgan fingerprint density at radius 1 is 1.33 bits per heavy atom. The maximum Gasteiger partial charge on any atom is 0.236 e. The quantitative estimate of drug-likeness (QED) is 0.886. The first-order valence-corrected chi connectivity index (χ1v) is 6.00. The van der Waals surface area contributed by atoms with Gasteiger partial charge in [-0.3, -0.25) is 9.36 Å². The van der Waals surface area contributed by atoms with E-state index in [2.05, 4.69) is 4.98 Å². The number of benzene rings is 1. The summed E-state index contributed by atoms with van der Waals surface area (Å²) in [5.74, 6) is 0.0276. The zero-order valence-corrected chi connectivity index (χ0v) is 10.5. The molecule has 1 aromatic heterocycles. The van der Waals surface area contributed by atoms with Crippen molar-refractivity contribution in [2.24, 2.45) is 5.73 Å². The van der Waals surface area contributed by atoms with Gasteiger partial charge in [-0.05, 0) is 19.0 Å². The van der Waals surface area contributed by atoms with E-state index in [-0.39, 0.29) is 5.91 Å². The standard InChI is InChI=1S/C14H17N3O/c1-11-2-4-12(5-3-11)8-14(18)17-10-16-9-13(17)6-7-15/h2-5,9-10H,6-8,15H2,1H3. The lowest BCUT2D eigenvalue weighted by Crippen LogP contribution is -2.17. The molecule has 1 aromatic carbocycles. The maximum absolute atomic E-state index is 12.1. The number of hydrogen-bond acceptors (Lipinski definition) is 3. The molecule has 94 valence electrons. The van der Waals surface area contributed by atoms with Crippen LogP contribution in [0, 0.1) is 6.92 Å². The Kier molecular flexibility index (Phi) is 3.89. The average Bonchev–Trinajstić information content (AvgIpc) is 2.81. The predicted molar refractivity (Wildman–Crippen MR) is 70.5 cm³/mol. The Morgan fingerprint density at radius 3 is 2.72 bits per heavy atom. The van der Waals surface area contributed by atoms with E-state index in [1.54, 1.807) is 17.1 Å². The van der Waals surface area contributed by atoms with Crippen LogP contribution in [0.25, 0.3) is 0 Å². The lowest BCUT2D eigenvalue weighted by Gasteiger charge is -2.06. The van der Waals surface area contributed by atoms with Gasteiger partial charge in [-0.15, -0.1) is 0 Å². The van der Waals surface area contributed by atoms with Crippen molar-refractivity contribution < 1.29 is 4.79 Å². The average molecular weight is 243 g/mol. The number of aromatic nitrogens is 2. The highest BCUT2D eigenvalue weighted by atomic mass is 16.2. The monoisotopic (exact) mass is 243 g/mol. The van der Waals surface area contributed by atoms with Crippen molar-refractivity contribution in [1.82, 2.24) is 9.55 Å². The summed E-state index contributed by atoms with van der Waals surface area (Å²) in [5.41, 5.74) is 8.58. The second kappa shape index (κ2) is 5.60. The summed E-state index contributed by atoms with van der Waals surface area (Å²) in [6.07, 6.45) is 4.30. The van der Waals surface area contributed by atoms with Gasteiger partial charge in [0.1, 0.15) is 6.33 Å². The predicted octanol–water partition coefficient (Wildman–Crippen LogP) is 1.58. The highest BCUT2D eigenvalue weighted by molar-refractivity contribution is 5.81. The maximum atomic E-state index is 12.1. The highest BCUT2D eigenvalue weighted by Gasteiger charge is 2.10. The van der Waals surface area contributed by atoms with E-state index in [0.717, 1.165) is 11.3 Å². The molecular weight excluding hydrogens is 226 g/mol. The lowest BCUT2D eigenvalue weighted by molar-refractivity contribution is 0.0911. The third-order valence-electron chi connectivity index (χ3n) is 2.86. The number of nitrogens with two attached hydrogens (primary N) is 1. The molecule has 0 saturated heterocycles. The van der Waals surface area contributed by atoms with Crippen molar-refractivity contribution in [1.29, 1.82) is 0 Å². The van der Waals surface area contributed by atoms with E-state index in [1.165, 1.54) is 5.56 Å². The second-order valence-electron chi connectivity index (χ2n) is 4.35. The minimum Gasteiger partial charge on any atom is -0.330 e. The van der Waals surface area contributed by atoms with E-state index in [1.807, 2.05) is 31.2 Å². The van der Waals surface area contributed by atoms with Crippen molar-refractivity contribution in [3.8, 4) is 0 Å². The van der Waals surface area contributed by atoms with Crippen molar-refractivity contribution in [2.45, 2.75) is 19.8 Å². The third-order valence-corrected chi connectivity index (χ3v) is 2.86. The number of carbonyl (C=O) groups is 1. The molecule has 0 amide bonds. The fourth-order valence-electron chi connectivity index (χ4n) is 1.85. The molecule has 0 saturated carbocycles. The van der Waals surface area contributed by atoms with Gasteiger partial charge >= 0.3 is 0 Å². The molecule has 0 aliphatic carbocycles. The van der Waals surface area contributed by atoms with Gasteiger partial charge in [-0.2, -0.15) is 0 Å². The Hall–Kier alpha value is -1.94. The number of imidazole rings is 1. The summed E-state index contributed by atoms with van der Waals surface area (Å²) in [7, 11) is 0. The number of carbonyl (C=O) groups excluding carboxylic acids is 1. The van der Waals surface area contributed by atoms with E-state index in [9.17, 15) is 4.79 Å². The molecule has 0 radical (unpaired) electrons. The molecule has 1 heterocycles. The van der Waals surface area contributed by atoms with Crippen LogP contribution in [0.4, 0.5) is 0 Å². The number of hydrogen-bond donors (Lipinski definition) is 1. The second-order valence-corrected chi connectivity index (χ2v) is 4.35.